The molecule has 0 aliphatic rings. The molecule has 1 aromatic carbocycles. The van der Waals surface area contributed by atoms with Gasteiger partial charge in [-0.2, -0.15) is 5.10 Å². The highest BCUT2D eigenvalue weighted by Crippen LogP contribution is 2.16. The molecule has 0 amide bonds. The molecule has 6 heteroatoms. The summed E-state index contributed by atoms with van der Waals surface area (Å²) < 4.78 is 28.1. The van der Waals surface area contributed by atoms with E-state index >= 15 is 0 Å². The van der Waals surface area contributed by atoms with Gasteiger partial charge in [0.25, 0.3) is 0 Å². The smallest absolute Gasteiger partial charge is 0.126 e. The van der Waals surface area contributed by atoms with Crippen molar-refractivity contribution in [3.05, 3.63) is 47.3 Å². The second-order valence-corrected chi connectivity index (χ2v) is 5.38. The number of anilines is 1. The summed E-state index contributed by atoms with van der Waals surface area (Å²) in [5.74, 6) is -0.609. The minimum atomic E-state index is -0.561. The average molecular weight is 316 g/mol. The van der Waals surface area contributed by atoms with Gasteiger partial charge in [-0.25, -0.2) is 8.78 Å². The zero-order chi connectivity index (χ0) is 14.7. The van der Waals surface area contributed by atoms with Crippen molar-refractivity contribution in [3.8, 4) is 0 Å². The largest absolute Gasteiger partial charge is 0.378 e. The number of halogens is 3. The van der Waals surface area contributed by atoms with E-state index in [1.807, 2.05) is 17.8 Å². The quantitative estimate of drug-likeness (QED) is 0.898. The zero-order valence-corrected chi connectivity index (χ0v) is 13.2. The van der Waals surface area contributed by atoms with Crippen molar-refractivity contribution >= 4 is 18.1 Å². The Morgan fingerprint density at radius 3 is 2.38 bits per heavy atom. The van der Waals surface area contributed by atoms with Gasteiger partial charge in [-0.1, -0.05) is 13.8 Å². The molecular weight excluding hydrogens is 296 g/mol. The summed E-state index contributed by atoms with van der Waals surface area (Å²) in [5.41, 5.74) is 2.33. The number of rotatable bonds is 5. The lowest BCUT2D eigenvalue weighted by Gasteiger charge is -2.06. The van der Waals surface area contributed by atoms with Gasteiger partial charge in [0, 0.05) is 25.4 Å². The van der Waals surface area contributed by atoms with Crippen LogP contribution < -0.4 is 5.32 Å². The summed E-state index contributed by atoms with van der Waals surface area (Å²) in [6.07, 6.45) is 1.92. The Morgan fingerprint density at radius 2 is 1.81 bits per heavy atom. The van der Waals surface area contributed by atoms with Gasteiger partial charge in [-0.15, -0.1) is 12.4 Å². The van der Waals surface area contributed by atoms with E-state index in [-0.39, 0.29) is 12.4 Å². The first-order chi connectivity index (χ1) is 9.44. The van der Waals surface area contributed by atoms with Gasteiger partial charge in [-0.3, -0.25) is 4.68 Å². The third-order valence-corrected chi connectivity index (χ3v) is 2.90. The molecule has 0 bridgehead atoms. The van der Waals surface area contributed by atoms with Crippen LogP contribution in [0.4, 0.5) is 14.5 Å². The second kappa shape index (κ2) is 7.41. The number of hydrogen-bond acceptors (Lipinski definition) is 2. The Kier molecular flexibility index (Phi) is 6.15. The minimum Gasteiger partial charge on any atom is -0.378 e. The number of benzene rings is 1. The summed E-state index contributed by atoms with van der Waals surface area (Å²) >= 11 is 0. The second-order valence-electron chi connectivity index (χ2n) is 5.38. The van der Waals surface area contributed by atoms with Gasteiger partial charge in [0.15, 0.2) is 0 Å². The molecule has 0 radical (unpaired) electrons. The summed E-state index contributed by atoms with van der Waals surface area (Å²) in [4.78, 5) is 0. The van der Waals surface area contributed by atoms with Crippen LogP contribution in [0, 0.1) is 24.5 Å². The van der Waals surface area contributed by atoms with Crippen LogP contribution in [0.2, 0.25) is 0 Å². The monoisotopic (exact) mass is 315 g/mol. The summed E-state index contributed by atoms with van der Waals surface area (Å²) in [6, 6.07) is 3.52. The first-order valence-electron chi connectivity index (χ1n) is 6.67. The first-order valence-corrected chi connectivity index (χ1v) is 6.67. The normalized spacial score (nSPS) is 10.6. The number of aryl methyl sites for hydroxylation is 1. The molecule has 2 aromatic rings. The summed E-state index contributed by atoms with van der Waals surface area (Å²) in [7, 11) is 0. The minimum absolute atomic E-state index is 0. The van der Waals surface area contributed by atoms with Crippen LogP contribution in [-0.4, -0.2) is 9.78 Å². The van der Waals surface area contributed by atoms with Gasteiger partial charge in [-0.05, 0) is 30.5 Å². The Labute approximate surface area is 129 Å². The molecule has 1 heterocycles. The van der Waals surface area contributed by atoms with E-state index in [2.05, 4.69) is 24.3 Å². The Morgan fingerprint density at radius 1 is 1.19 bits per heavy atom. The van der Waals surface area contributed by atoms with E-state index in [1.165, 1.54) is 12.1 Å². The average Bonchev–Trinajstić information content (AvgIpc) is 2.64. The molecule has 3 nitrogen and oxygen atoms in total. The van der Waals surface area contributed by atoms with Gasteiger partial charge in [0.1, 0.15) is 11.6 Å². The number of aromatic nitrogens is 2. The molecule has 0 fully saturated rings. The maximum Gasteiger partial charge on any atom is 0.126 e. The Hall–Kier alpha value is -1.62. The fourth-order valence-corrected chi connectivity index (χ4v) is 2.07. The standard InChI is InChI=1S/C15H19F2N3.ClH/c1-10(2)8-20-9-15(11(3)19-20)18-7-12-4-13(16)6-14(17)5-12;/h4-6,9-10,18H,7-8H2,1-3H3;1H. The molecule has 0 unspecified atom stereocenters. The van der Waals surface area contributed by atoms with Crippen molar-refractivity contribution in [2.75, 3.05) is 5.32 Å². The number of nitrogens with one attached hydrogen (secondary N) is 1. The predicted octanol–water partition coefficient (Wildman–Crippen LogP) is 4.16. The molecule has 0 atom stereocenters. The highest BCUT2D eigenvalue weighted by molar-refractivity contribution is 5.85. The van der Waals surface area contributed by atoms with E-state index < -0.39 is 11.6 Å². The lowest BCUT2D eigenvalue weighted by atomic mass is 10.2. The fraction of sp³-hybridized carbons (Fsp3) is 0.400. The molecule has 0 aliphatic carbocycles. The van der Waals surface area contributed by atoms with Crippen LogP contribution in [0.5, 0.6) is 0 Å². The van der Waals surface area contributed by atoms with Gasteiger partial charge >= 0.3 is 0 Å². The van der Waals surface area contributed by atoms with E-state index in [9.17, 15) is 8.78 Å². The molecule has 0 spiro atoms. The topological polar surface area (TPSA) is 29.9 Å². The molecule has 2 rings (SSSR count). The molecular formula is C15H20ClF2N3. The van der Waals surface area contributed by atoms with E-state index in [0.29, 0.717) is 18.0 Å². The third kappa shape index (κ3) is 5.01. The molecule has 21 heavy (non-hydrogen) atoms. The van der Waals surface area contributed by atoms with Crippen molar-refractivity contribution in [3.63, 3.8) is 0 Å². The van der Waals surface area contributed by atoms with Gasteiger partial charge in [0.2, 0.25) is 0 Å². The first kappa shape index (κ1) is 17.4. The van der Waals surface area contributed by atoms with Crippen molar-refractivity contribution in [2.24, 2.45) is 5.92 Å². The summed E-state index contributed by atoms with van der Waals surface area (Å²) in [5, 5.41) is 7.56. The Bertz CT molecular complexity index is 576. The van der Waals surface area contributed by atoms with Crippen molar-refractivity contribution in [1.29, 1.82) is 0 Å². The van der Waals surface area contributed by atoms with Crippen molar-refractivity contribution < 1.29 is 8.78 Å². The van der Waals surface area contributed by atoms with Crippen molar-refractivity contribution in [2.45, 2.75) is 33.9 Å². The van der Waals surface area contributed by atoms with Crippen molar-refractivity contribution in [1.82, 2.24) is 9.78 Å². The molecule has 0 aliphatic heterocycles. The van der Waals surface area contributed by atoms with E-state index in [0.717, 1.165) is 24.0 Å². The van der Waals surface area contributed by atoms with Crippen LogP contribution in [0.3, 0.4) is 0 Å². The molecule has 0 saturated carbocycles. The number of hydrogen-bond donors (Lipinski definition) is 1. The highest BCUT2D eigenvalue weighted by Gasteiger charge is 2.07. The van der Waals surface area contributed by atoms with Crippen LogP contribution in [0.1, 0.15) is 25.1 Å². The maximum atomic E-state index is 13.1. The van der Waals surface area contributed by atoms with Crippen LogP contribution in [0.25, 0.3) is 0 Å². The molecule has 1 N–H and O–H groups in total. The summed E-state index contributed by atoms with van der Waals surface area (Å²) in [6.45, 7) is 7.37. The molecule has 0 saturated heterocycles. The SMILES string of the molecule is Cc1nn(CC(C)C)cc1NCc1cc(F)cc(F)c1.Cl. The van der Waals surface area contributed by atoms with Gasteiger partial charge in [0.05, 0.1) is 11.4 Å². The fourth-order valence-electron chi connectivity index (χ4n) is 2.07. The molecule has 1 aromatic heterocycles. The van der Waals surface area contributed by atoms with Crippen LogP contribution >= 0.6 is 12.4 Å². The predicted molar refractivity (Wildman–Crippen MR) is 82.7 cm³/mol. The van der Waals surface area contributed by atoms with E-state index in [1.54, 1.807) is 0 Å². The third-order valence-electron chi connectivity index (χ3n) is 2.90. The van der Waals surface area contributed by atoms with Gasteiger partial charge < -0.3 is 5.32 Å². The Balaban J connectivity index is 0.00000220. The van der Waals surface area contributed by atoms with Crippen LogP contribution in [0.15, 0.2) is 24.4 Å². The maximum absolute atomic E-state index is 13.1. The van der Waals surface area contributed by atoms with Crippen LogP contribution in [-0.2, 0) is 13.1 Å². The zero-order valence-electron chi connectivity index (χ0n) is 12.4. The number of nitrogens with zero attached hydrogens (tertiary/aromatic N) is 2. The highest BCUT2D eigenvalue weighted by atomic mass is 35.5. The van der Waals surface area contributed by atoms with E-state index in [4.69, 9.17) is 0 Å². The lowest BCUT2D eigenvalue weighted by Crippen LogP contribution is -2.04. The molecule has 116 valence electrons. The lowest BCUT2D eigenvalue weighted by molar-refractivity contribution is 0.481.